The van der Waals surface area contributed by atoms with Gasteiger partial charge in [0.05, 0.1) is 13.0 Å². The van der Waals surface area contributed by atoms with Gasteiger partial charge in [-0.15, -0.1) is 0 Å². The van der Waals surface area contributed by atoms with Crippen molar-refractivity contribution < 1.29 is 9.59 Å². The van der Waals surface area contributed by atoms with E-state index in [0.717, 1.165) is 18.7 Å². The molecule has 0 bridgehead atoms. The maximum atomic E-state index is 12.4. The lowest BCUT2D eigenvalue weighted by Gasteiger charge is -2.35. The molecule has 24 heavy (non-hydrogen) atoms. The zero-order valence-electron chi connectivity index (χ0n) is 14.1. The Morgan fingerprint density at radius 1 is 0.833 bits per heavy atom. The first-order chi connectivity index (χ1) is 11.6. The minimum absolute atomic E-state index is 0.117. The first kappa shape index (κ1) is 16.8. The third-order valence-corrected chi connectivity index (χ3v) is 4.88. The predicted molar refractivity (Wildman–Crippen MR) is 93.4 cm³/mol. The van der Waals surface area contributed by atoms with Crippen LogP contribution in [0.3, 0.4) is 0 Å². The van der Waals surface area contributed by atoms with E-state index in [-0.39, 0.29) is 11.8 Å². The highest BCUT2D eigenvalue weighted by Gasteiger charge is 2.25. The maximum absolute atomic E-state index is 12.4. The summed E-state index contributed by atoms with van der Waals surface area (Å²) >= 11 is 0. The van der Waals surface area contributed by atoms with Crippen LogP contribution < -0.4 is 5.73 Å². The summed E-state index contributed by atoms with van der Waals surface area (Å²) in [4.78, 5) is 30.7. The summed E-state index contributed by atoms with van der Waals surface area (Å²) in [6, 6.07) is 7.42. The molecule has 1 aromatic rings. The molecule has 2 aliphatic heterocycles. The smallest absolute Gasteiger partial charge is 0.236 e. The van der Waals surface area contributed by atoms with Gasteiger partial charge < -0.3 is 15.5 Å². The van der Waals surface area contributed by atoms with Crippen molar-refractivity contribution in [3.63, 3.8) is 0 Å². The van der Waals surface area contributed by atoms with Crippen molar-refractivity contribution in [1.29, 1.82) is 0 Å². The molecule has 3 rings (SSSR count). The summed E-state index contributed by atoms with van der Waals surface area (Å²) in [5.74, 6) is 0.314. The molecular weight excluding hydrogens is 304 g/mol. The zero-order chi connectivity index (χ0) is 16.9. The van der Waals surface area contributed by atoms with Crippen LogP contribution in [0.25, 0.3) is 0 Å². The second kappa shape index (κ2) is 7.66. The highest BCUT2D eigenvalue weighted by Crippen LogP contribution is 2.11. The number of hydrogen-bond donors (Lipinski definition) is 1. The van der Waals surface area contributed by atoms with Gasteiger partial charge in [-0.05, 0) is 43.6 Å². The fourth-order valence-corrected chi connectivity index (χ4v) is 3.36. The number of hydrogen-bond acceptors (Lipinski definition) is 4. The van der Waals surface area contributed by atoms with E-state index in [1.54, 1.807) is 0 Å². The van der Waals surface area contributed by atoms with Crippen molar-refractivity contribution in [2.24, 2.45) is 0 Å². The van der Waals surface area contributed by atoms with Gasteiger partial charge in [0.1, 0.15) is 0 Å². The Labute approximate surface area is 143 Å². The minimum atomic E-state index is 0.117. The van der Waals surface area contributed by atoms with Crippen LogP contribution in [0.2, 0.25) is 0 Å². The van der Waals surface area contributed by atoms with Crippen LogP contribution in [0.15, 0.2) is 24.3 Å². The molecule has 2 saturated heterocycles. The van der Waals surface area contributed by atoms with Crippen LogP contribution in [0.5, 0.6) is 0 Å². The lowest BCUT2D eigenvalue weighted by molar-refractivity contribution is -0.139. The Morgan fingerprint density at radius 3 is 1.96 bits per heavy atom. The van der Waals surface area contributed by atoms with E-state index in [2.05, 4.69) is 4.90 Å². The fraction of sp³-hybridized carbons (Fsp3) is 0.556. The molecule has 1 aromatic carbocycles. The van der Waals surface area contributed by atoms with E-state index in [4.69, 9.17) is 5.73 Å². The molecule has 6 nitrogen and oxygen atoms in total. The number of benzene rings is 1. The van der Waals surface area contributed by atoms with Crippen molar-refractivity contribution in [3.8, 4) is 0 Å². The number of likely N-dealkylation sites (tertiary alicyclic amines) is 1. The van der Waals surface area contributed by atoms with Crippen molar-refractivity contribution >= 4 is 17.5 Å². The number of nitrogens with two attached hydrogens (primary N) is 1. The minimum Gasteiger partial charge on any atom is -0.399 e. The summed E-state index contributed by atoms with van der Waals surface area (Å²) in [6.07, 6.45) is 2.78. The average molecular weight is 330 g/mol. The maximum Gasteiger partial charge on any atom is 0.236 e. The second-order valence-electron chi connectivity index (χ2n) is 6.66. The third-order valence-electron chi connectivity index (χ3n) is 4.88. The number of nitrogen functional groups attached to an aromatic ring is 1. The number of anilines is 1. The Kier molecular flexibility index (Phi) is 5.35. The van der Waals surface area contributed by atoms with Gasteiger partial charge in [-0.1, -0.05) is 12.1 Å². The van der Waals surface area contributed by atoms with E-state index >= 15 is 0 Å². The molecule has 0 spiro atoms. The van der Waals surface area contributed by atoms with E-state index < -0.39 is 0 Å². The van der Waals surface area contributed by atoms with Gasteiger partial charge in [0.15, 0.2) is 0 Å². The monoisotopic (exact) mass is 330 g/mol. The number of carbonyl (C=O) groups excluding carboxylic acids is 2. The molecule has 6 heteroatoms. The number of piperazine rings is 1. The van der Waals surface area contributed by atoms with Gasteiger partial charge in [-0.3, -0.25) is 14.5 Å². The molecule has 0 saturated carbocycles. The number of nitrogens with zero attached hydrogens (tertiary/aromatic N) is 3. The molecule has 2 aliphatic rings. The van der Waals surface area contributed by atoms with E-state index in [0.29, 0.717) is 44.8 Å². The number of amides is 2. The van der Waals surface area contributed by atoms with E-state index in [9.17, 15) is 9.59 Å². The summed E-state index contributed by atoms with van der Waals surface area (Å²) in [7, 11) is 0. The standard InChI is InChI=1S/C18H26N4O2/c19-16-5-3-15(4-6-16)13-17(23)21-9-11-22(12-10-21)18(24)14-20-7-1-2-8-20/h3-6H,1-2,7-14,19H2. The summed E-state index contributed by atoms with van der Waals surface area (Å²) in [5.41, 5.74) is 7.34. The largest absolute Gasteiger partial charge is 0.399 e. The van der Waals surface area contributed by atoms with E-state index in [1.807, 2.05) is 34.1 Å². The average Bonchev–Trinajstić information content (AvgIpc) is 3.10. The normalized spacial score (nSPS) is 18.8. The molecule has 2 amide bonds. The van der Waals surface area contributed by atoms with Crippen LogP contribution in [-0.2, 0) is 16.0 Å². The SMILES string of the molecule is Nc1ccc(CC(=O)N2CCN(C(=O)CN3CCCC3)CC2)cc1. The number of carbonyl (C=O) groups is 2. The van der Waals surface area contributed by atoms with E-state index in [1.165, 1.54) is 12.8 Å². The summed E-state index contributed by atoms with van der Waals surface area (Å²) in [6.45, 7) is 5.12. The second-order valence-corrected chi connectivity index (χ2v) is 6.66. The molecule has 130 valence electrons. The van der Waals surface area contributed by atoms with Gasteiger partial charge >= 0.3 is 0 Å². The Bertz CT molecular complexity index is 573. The lowest BCUT2D eigenvalue weighted by Crippen LogP contribution is -2.52. The first-order valence-electron chi connectivity index (χ1n) is 8.74. The molecule has 0 radical (unpaired) electrons. The molecule has 0 aromatic heterocycles. The Hall–Kier alpha value is -2.08. The van der Waals surface area contributed by atoms with Crippen LogP contribution in [-0.4, -0.2) is 72.3 Å². The van der Waals surface area contributed by atoms with Gasteiger partial charge in [0.2, 0.25) is 11.8 Å². The summed E-state index contributed by atoms with van der Waals surface area (Å²) in [5, 5.41) is 0. The highest BCUT2D eigenvalue weighted by atomic mass is 16.2. The molecule has 0 unspecified atom stereocenters. The number of rotatable bonds is 4. The Balaban J connectivity index is 1.44. The van der Waals surface area contributed by atoms with Crippen LogP contribution in [0.4, 0.5) is 5.69 Å². The topological polar surface area (TPSA) is 69.9 Å². The van der Waals surface area contributed by atoms with Crippen molar-refractivity contribution in [3.05, 3.63) is 29.8 Å². The van der Waals surface area contributed by atoms with Gasteiger partial charge in [-0.2, -0.15) is 0 Å². The molecule has 2 N–H and O–H groups in total. The zero-order valence-corrected chi connectivity index (χ0v) is 14.1. The van der Waals surface area contributed by atoms with Crippen molar-refractivity contribution in [1.82, 2.24) is 14.7 Å². The van der Waals surface area contributed by atoms with Gasteiger partial charge in [0.25, 0.3) is 0 Å². The third kappa shape index (κ3) is 4.26. The molecule has 2 heterocycles. The van der Waals surface area contributed by atoms with Crippen molar-refractivity contribution in [2.45, 2.75) is 19.3 Å². The molecular formula is C18H26N4O2. The van der Waals surface area contributed by atoms with Crippen LogP contribution >= 0.6 is 0 Å². The van der Waals surface area contributed by atoms with Crippen LogP contribution in [0.1, 0.15) is 18.4 Å². The molecule has 0 atom stereocenters. The highest BCUT2D eigenvalue weighted by molar-refractivity contribution is 5.80. The molecule has 2 fully saturated rings. The van der Waals surface area contributed by atoms with Crippen LogP contribution in [0, 0.1) is 0 Å². The quantitative estimate of drug-likeness (QED) is 0.820. The van der Waals surface area contributed by atoms with Crippen molar-refractivity contribution in [2.75, 3.05) is 51.5 Å². The Morgan fingerprint density at radius 2 is 1.38 bits per heavy atom. The fourth-order valence-electron chi connectivity index (χ4n) is 3.36. The summed E-state index contributed by atoms with van der Waals surface area (Å²) < 4.78 is 0. The predicted octanol–water partition coefficient (Wildman–Crippen LogP) is 0.578. The first-order valence-corrected chi connectivity index (χ1v) is 8.74. The van der Waals surface area contributed by atoms with Gasteiger partial charge in [0, 0.05) is 31.9 Å². The lowest BCUT2D eigenvalue weighted by atomic mass is 10.1. The molecule has 0 aliphatic carbocycles. The van der Waals surface area contributed by atoms with Gasteiger partial charge in [-0.25, -0.2) is 0 Å².